The highest BCUT2D eigenvalue weighted by Gasteiger charge is 2.28. The molecule has 26 heavy (non-hydrogen) atoms. The van der Waals surface area contributed by atoms with Gasteiger partial charge in [-0.3, -0.25) is 4.79 Å². The van der Waals surface area contributed by atoms with E-state index in [1.807, 2.05) is 12.1 Å². The van der Waals surface area contributed by atoms with Crippen molar-refractivity contribution in [2.24, 2.45) is 5.92 Å². The Labute approximate surface area is 157 Å². The largest absolute Gasteiger partial charge is 0.494 e. The summed E-state index contributed by atoms with van der Waals surface area (Å²) in [7, 11) is 1.68. The van der Waals surface area contributed by atoms with Crippen LogP contribution in [0.15, 0.2) is 18.2 Å². The smallest absolute Gasteiger partial charge is 0.223 e. The van der Waals surface area contributed by atoms with Crippen LogP contribution in [0.3, 0.4) is 0 Å². The Kier molecular flexibility index (Phi) is 5.26. The summed E-state index contributed by atoms with van der Waals surface area (Å²) in [6, 6.07) is 6.30. The number of carbonyl (C=O) groups excluding carboxylic acids is 1. The number of para-hydroxylation sites is 1. The quantitative estimate of drug-likeness (QED) is 0.890. The standard InChI is InChI=1S/C19H25N3O3S/c1-24-15-3-2-4-16-17(15)21-19(26-16)22-9-5-13(6-10-22)18(23)20-14-7-11-25-12-8-14/h2-4,13-14H,5-12H2,1H3,(H,20,23). The van der Waals surface area contributed by atoms with Crippen LogP contribution in [-0.2, 0) is 9.53 Å². The molecule has 1 N–H and O–H groups in total. The summed E-state index contributed by atoms with van der Waals surface area (Å²) in [6.45, 7) is 3.25. The Morgan fingerprint density at radius 3 is 2.77 bits per heavy atom. The Hall–Kier alpha value is -1.86. The van der Waals surface area contributed by atoms with Crippen LogP contribution in [0.25, 0.3) is 10.2 Å². The van der Waals surface area contributed by atoms with Gasteiger partial charge in [-0.25, -0.2) is 4.98 Å². The molecule has 0 saturated carbocycles. The van der Waals surface area contributed by atoms with Gasteiger partial charge in [0.1, 0.15) is 11.3 Å². The summed E-state index contributed by atoms with van der Waals surface area (Å²) < 4.78 is 11.9. The highest BCUT2D eigenvalue weighted by atomic mass is 32.1. The minimum atomic E-state index is 0.109. The number of nitrogens with zero attached hydrogens (tertiary/aromatic N) is 2. The number of benzene rings is 1. The third-order valence-corrected chi connectivity index (χ3v) is 6.38. The van der Waals surface area contributed by atoms with Crippen LogP contribution < -0.4 is 15.0 Å². The lowest BCUT2D eigenvalue weighted by Crippen LogP contribution is -2.45. The molecule has 2 aliphatic rings. The molecule has 0 bridgehead atoms. The number of hydrogen-bond donors (Lipinski definition) is 1. The van der Waals surface area contributed by atoms with E-state index in [-0.39, 0.29) is 17.9 Å². The molecule has 0 aliphatic carbocycles. The van der Waals surface area contributed by atoms with Crippen LogP contribution in [0.4, 0.5) is 5.13 Å². The monoisotopic (exact) mass is 375 g/mol. The van der Waals surface area contributed by atoms with Gasteiger partial charge >= 0.3 is 0 Å². The fraction of sp³-hybridized carbons (Fsp3) is 0.579. The van der Waals surface area contributed by atoms with Gasteiger partial charge in [0.15, 0.2) is 5.13 Å². The van der Waals surface area contributed by atoms with Crippen molar-refractivity contribution in [2.45, 2.75) is 31.7 Å². The number of methoxy groups -OCH3 is 1. The van der Waals surface area contributed by atoms with E-state index in [9.17, 15) is 4.79 Å². The van der Waals surface area contributed by atoms with Gasteiger partial charge in [-0.15, -0.1) is 0 Å². The molecule has 7 heteroatoms. The number of carbonyl (C=O) groups is 1. The van der Waals surface area contributed by atoms with Crippen LogP contribution >= 0.6 is 11.3 Å². The SMILES string of the molecule is COc1cccc2sc(N3CCC(C(=O)NC4CCOCC4)CC3)nc12. The van der Waals surface area contributed by atoms with E-state index < -0.39 is 0 Å². The third kappa shape index (κ3) is 3.64. The van der Waals surface area contributed by atoms with Gasteiger partial charge in [-0.05, 0) is 37.8 Å². The van der Waals surface area contributed by atoms with E-state index in [4.69, 9.17) is 14.5 Å². The number of rotatable bonds is 4. The van der Waals surface area contributed by atoms with Crippen molar-refractivity contribution < 1.29 is 14.3 Å². The number of amides is 1. The first-order valence-corrected chi connectivity index (χ1v) is 10.1. The highest BCUT2D eigenvalue weighted by Crippen LogP contribution is 2.35. The second-order valence-corrected chi connectivity index (χ2v) is 7.97. The average molecular weight is 375 g/mol. The van der Waals surface area contributed by atoms with Crippen molar-refractivity contribution in [2.75, 3.05) is 38.3 Å². The molecule has 4 rings (SSSR count). The Balaban J connectivity index is 1.36. The summed E-state index contributed by atoms with van der Waals surface area (Å²) in [6.07, 6.45) is 3.61. The fourth-order valence-corrected chi connectivity index (χ4v) is 4.74. The molecule has 1 aromatic carbocycles. The van der Waals surface area contributed by atoms with Crippen molar-refractivity contribution in [3.05, 3.63) is 18.2 Å². The third-order valence-electron chi connectivity index (χ3n) is 5.29. The first-order valence-electron chi connectivity index (χ1n) is 9.31. The number of thiazole rings is 1. The molecule has 0 spiro atoms. The lowest BCUT2D eigenvalue weighted by Gasteiger charge is -2.32. The summed E-state index contributed by atoms with van der Waals surface area (Å²) >= 11 is 1.69. The molecule has 2 aliphatic heterocycles. The van der Waals surface area contributed by atoms with E-state index in [0.29, 0.717) is 0 Å². The molecule has 2 saturated heterocycles. The van der Waals surface area contributed by atoms with Gasteiger partial charge < -0.3 is 19.7 Å². The van der Waals surface area contributed by atoms with Crippen molar-refractivity contribution in [3.63, 3.8) is 0 Å². The number of hydrogen-bond acceptors (Lipinski definition) is 6. The van der Waals surface area contributed by atoms with E-state index in [1.54, 1.807) is 18.4 Å². The lowest BCUT2D eigenvalue weighted by atomic mass is 9.95. The minimum absolute atomic E-state index is 0.109. The molecule has 6 nitrogen and oxygen atoms in total. The molecule has 3 heterocycles. The first kappa shape index (κ1) is 17.5. The van der Waals surface area contributed by atoms with Crippen molar-refractivity contribution in [3.8, 4) is 5.75 Å². The van der Waals surface area contributed by atoms with Crippen LogP contribution in [-0.4, -0.2) is 50.3 Å². The number of fused-ring (bicyclic) bond motifs is 1. The van der Waals surface area contributed by atoms with Crippen LogP contribution in [0.1, 0.15) is 25.7 Å². The van der Waals surface area contributed by atoms with E-state index in [0.717, 1.165) is 73.1 Å². The van der Waals surface area contributed by atoms with Crippen molar-refractivity contribution in [1.82, 2.24) is 10.3 Å². The number of nitrogens with one attached hydrogen (secondary N) is 1. The zero-order chi connectivity index (χ0) is 17.9. The minimum Gasteiger partial charge on any atom is -0.494 e. The molecule has 2 fully saturated rings. The number of aromatic nitrogens is 1. The fourth-order valence-electron chi connectivity index (χ4n) is 3.71. The number of piperidine rings is 1. The van der Waals surface area contributed by atoms with Gasteiger partial charge in [0.25, 0.3) is 0 Å². The van der Waals surface area contributed by atoms with Crippen LogP contribution in [0.5, 0.6) is 5.75 Å². The topological polar surface area (TPSA) is 63.7 Å². The summed E-state index contributed by atoms with van der Waals surface area (Å²) in [5.41, 5.74) is 0.925. The summed E-state index contributed by atoms with van der Waals surface area (Å²) in [5, 5.41) is 4.23. The Morgan fingerprint density at radius 2 is 2.04 bits per heavy atom. The maximum Gasteiger partial charge on any atom is 0.223 e. The summed E-state index contributed by atoms with van der Waals surface area (Å²) in [5.74, 6) is 1.14. The molecule has 0 atom stereocenters. The molecule has 2 aromatic rings. The van der Waals surface area contributed by atoms with Gasteiger partial charge in [-0.1, -0.05) is 17.4 Å². The zero-order valence-corrected chi connectivity index (χ0v) is 15.9. The predicted molar refractivity (Wildman–Crippen MR) is 103 cm³/mol. The molecule has 0 unspecified atom stereocenters. The average Bonchev–Trinajstić information content (AvgIpc) is 3.13. The van der Waals surface area contributed by atoms with Crippen molar-refractivity contribution in [1.29, 1.82) is 0 Å². The summed E-state index contributed by atoms with van der Waals surface area (Å²) in [4.78, 5) is 19.6. The number of anilines is 1. The Bertz CT molecular complexity index is 764. The maximum absolute atomic E-state index is 12.5. The van der Waals surface area contributed by atoms with Gasteiger partial charge in [0, 0.05) is 38.3 Å². The van der Waals surface area contributed by atoms with E-state index in [2.05, 4.69) is 16.3 Å². The number of ether oxygens (including phenoxy) is 2. The van der Waals surface area contributed by atoms with Crippen LogP contribution in [0, 0.1) is 5.92 Å². The lowest BCUT2D eigenvalue weighted by molar-refractivity contribution is -0.126. The second-order valence-electron chi connectivity index (χ2n) is 6.96. The molecular formula is C19H25N3O3S. The maximum atomic E-state index is 12.5. The Morgan fingerprint density at radius 1 is 1.27 bits per heavy atom. The first-order chi connectivity index (χ1) is 12.7. The van der Waals surface area contributed by atoms with Crippen LogP contribution in [0.2, 0.25) is 0 Å². The van der Waals surface area contributed by atoms with Gasteiger partial charge in [0.2, 0.25) is 5.91 Å². The molecule has 1 amide bonds. The van der Waals surface area contributed by atoms with Crippen molar-refractivity contribution >= 4 is 32.6 Å². The molecule has 140 valence electrons. The van der Waals surface area contributed by atoms with E-state index in [1.165, 1.54) is 0 Å². The predicted octanol–water partition coefficient (Wildman–Crippen LogP) is 2.82. The van der Waals surface area contributed by atoms with Gasteiger partial charge in [0.05, 0.1) is 11.8 Å². The molecule has 0 radical (unpaired) electrons. The zero-order valence-electron chi connectivity index (χ0n) is 15.1. The van der Waals surface area contributed by atoms with E-state index >= 15 is 0 Å². The highest BCUT2D eigenvalue weighted by molar-refractivity contribution is 7.22. The second kappa shape index (κ2) is 7.80. The molecule has 1 aromatic heterocycles. The normalized spacial score (nSPS) is 19.7. The molecular weight excluding hydrogens is 350 g/mol. The van der Waals surface area contributed by atoms with Gasteiger partial charge in [-0.2, -0.15) is 0 Å².